The lowest BCUT2D eigenvalue weighted by Gasteiger charge is -2.22. The van der Waals surface area contributed by atoms with Crippen molar-refractivity contribution in [1.29, 1.82) is 0 Å². The van der Waals surface area contributed by atoms with Crippen LogP contribution in [0.25, 0.3) is 0 Å². The zero-order valence-corrected chi connectivity index (χ0v) is 13.5. The van der Waals surface area contributed by atoms with Crippen LogP contribution in [-0.4, -0.2) is 26.5 Å². The van der Waals surface area contributed by atoms with Crippen LogP contribution in [0.4, 0.5) is 13.2 Å². The lowest BCUT2D eigenvalue weighted by Crippen LogP contribution is -3.07. The van der Waals surface area contributed by atoms with Gasteiger partial charge in [-0.1, -0.05) is 30.3 Å². The lowest BCUT2D eigenvalue weighted by atomic mass is 10.1. The maximum Gasteiger partial charge on any atom is 0.416 e. The van der Waals surface area contributed by atoms with Gasteiger partial charge in [-0.2, -0.15) is 13.2 Å². The average molecular weight is 337 g/mol. The van der Waals surface area contributed by atoms with Gasteiger partial charge in [-0.05, 0) is 24.3 Å². The molecule has 0 radical (unpaired) electrons. The highest BCUT2D eigenvalue weighted by molar-refractivity contribution is 5.94. The maximum absolute atomic E-state index is 12.5. The first-order chi connectivity index (χ1) is 11.3. The van der Waals surface area contributed by atoms with Crippen molar-refractivity contribution in [2.24, 2.45) is 0 Å². The summed E-state index contributed by atoms with van der Waals surface area (Å²) >= 11 is 0. The van der Waals surface area contributed by atoms with E-state index in [0.717, 1.165) is 22.6 Å². The van der Waals surface area contributed by atoms with Crippen molar-refractivity contribution in [2.45, 2.75) is 12.2 Å². The van der Waals surface area contributed by atoms with Crippen LogP contribution in [0.2, 0.25) is 0 Å². The highest BCUT2D eigenvalue weighted by Gasteiger charge is 2.30. The van der Waals surface area contributed by atoms with E-state index in [1.807, 2.05) is 44.4 Å². The van der Waals surface area contributed by atoms with Gasteiger partial charge in [0.05, 0.1) is 26.2 Å². The fourth-order valence-electron chi connectivity index (χ4n) is 2.45. The second kappa shape index (κ2) is 7.49. The summed E-state index contributed by atoms with van der Waals surface area (Å²) in [5.41, 5.74) is 0.535. The van der Waals surface area contributed by atoms with Gasteiger partial charge in [-0.25, -0.2) is 0 Å². The summed E-state index contributed by atoms with van der Waals surface area (Å²) in [5, 5.41) is 2.80. The van der Waals surface area contributed by atoms with E-state index in [2.05, 4.69) is 5.32 Å². The van der Waals surface area contributed by atoms with Gasteiger partial charge in [-0.3, -0.25) is 4.79 Å². The average Bonchev–Trinajstić information content (AvgIpc) is 2.55. The monoisotopic (exact) mass is 337 g/mol. The summed E-state index contributed by atoms with van der Waals surface area (Å²) in [7, 11) is 3.98. The molecule has 0 unspecified atom stereocenters. The van der Waals surface area contributed by atoms with E-state index in [4.69, 9.17) is 0 Å². The molecule has 0 bridgehead atoms. The highest BCUT2D eigenvalue weighted by atomic mass is 19.4. The third-order valence-electron chi connectivity index (χ3n) is 3.84. The summed E-state index contributed by atoms with van der Waals surface area (Å²) in [6, 6.07) is 14.0. The number of rotatable bonds is 5. The third kappa shape index (κ3) is 4.58. The molecule has 2 rings (SSSR count). The first kappa shape index (κ1) is 18.0. The van der Waals surface area contributed by atoms with Gasteiger partial charge in [0.25, 0.3) is 5.91 Å². The number of carbonyl (C=O) groups excluding carboxylic acids is 1. The summed E-state index contributed by atoms with van der Waals surface area (Å²) in [5.74, 6) is -0.383. The number of quaternary nitrogens is 1. The van der Waals surface area contributed by atoms with Gasteiger partial charge in [0.1, 0.15) is 6.04 Å². The molecule has 6 heteroatoms. The molecule has 2 aromatic carbocycles. The number of carbonyl (C=O) groups is 1. The molecule has 0 aliphatic carbocycles. The SMILES string of the molecule is C[NH+](C)[C@@H](CNC(=O)c1ccc(C(F)(F)F)cc1)c1ccccc1. The second-order valence-corrected chi connectivity index (χ2v) is 5.83. The number of hydrogen-bond donors (Lipinski definition) is 2. The Morgan fingerprint density at radius 2 is 1.62 bits per heavy atom. The van der Waals surface area contributed by atoms with E-state index in [1.165, 1.54) is 12.1 Å². The van der Waals surface area contributed by atoms with Crippen LogP contribution >= 0.6 is 0 Å². The number of benzene rings is 2. The zero-order valence-electron chi connectivity index (χ0n) is 13.5. The lowest BCUT2D eigenvalue weighted by molar-refractivity contribution is -0.890. The number of alkyl halides is 3. The van der Waals surface area contributed by atoms with Crippen molar-refractivity contribution in [1.82, 2.24) is 5.32 Å². The summed E-state index contributed by atoms with van der Waals surface area (Å²) in [4.78, 5) is 13.3. The van der Waals surface area contributed by atoms with E-state index >= 15 is 0 Å². The molecule has 24 heavy (non-hydrogen) atoms. The number of amides is 1. The molecule has 1 atom stereocenters. The van der Waals surface area contributed by atoms with Crippen molar-refractivity contribution in [3.8, 4) is 0 Å². The van der Waals surface area contributed by atoms with Gasteiger partial charge < -0.3 is 10.2 Å². The van der Waals surface area contributed by atoms with Crippen molar-refractivity contribution in [3.05, 3.63) is 71.3 Å². The van der Waals surface area contributed by atoms with Crippen molar-refractivity contribution in [3.63, 3.8) is 0 Å². The van der Waals surface area contributed by atoms with Gasteiger partial charge in [-0.15, -0.1) is 0 Å². The van der Waals surface area contributed by atoms with Crippen LogP contribution in [0.5, 0.6) is 0 Å². The third-order valence-corrected chi connectivity index (χ3v) is 3.84. The highest BCUT2D eigenvalue weighted by Crippen LogP contribution is 2.29. The fourth-order valence-corrected chi connectivity index (χ4v) is 2.45. The van der Waals surface area contributed by atoms with E-state index in [1.54, 1.807) is 0 Å². The molecule has 1 amide bonds. The minimum absolute atomic E-state index is 0.0598. The van der Waals surface area contributed by atoms with Crippen LogP contribution in [0, 0.1) is 0 Å². The molecule has 0 aliphatic heterocycles. The molecule has 3 nitrogen and oxygen atoms in total. The standard InChI is InChI=1S/C18H19F3N2O/c1-23(2)16(13-6-4-3-5-7-13)12-22-17(24)14-8-10-15(11-9-14)18(19,20)21/h3-11,16H,12H2,1-2H3,(H,22,24)/p+1/t16-/m0/s1. The Hall–Kier alpha value is -2.34. The summed E-state index contributed by atoms with van der Waals surface area (Å²) in [6.45, 7) is 0.395. The van der Waals surface area contributed by atoms with Gasteiger partial charge in [0.2, 0.25) is 0 Å². The molecule has 0 spiro atoms. The fraction of sp³-hybridized carbons (Fsp3) is 0.278. The van der Waals surface area contributed by atoms with Gasteiger partial charge in [0.15, 0.2) is 0 Å². The second-order valence-electron chi connectivity index (χ2n) is 5.83. The van der Waals surface area contributed by atoms with Gasteiger partial charge in [0, 0.05) is 11.1 Å². The van der Waals surface area contributed by atoms with E-state index < -0.39 is 11.7 Å². The maximum atomic E-state index is 12.5. The number of hydrogen-bond acceptors (Lipinski definition) is 1. The molecule has 0 aromatic heterocycles. The first-order valence-corrected chi connectivity index (χ1v) is 7.59. The quantitative estimate of drug-likeness (QED) is 0.863. The Kier molecular flexibility index (Phi) is 5.62. The van der Waals surface area contributed by atoms with Crippen LogP contribution in [0.15, 0.2) is 54.6 Å². The Bertz CT molecular complexity index is 667. The molecule has 0 saturated heterocycles. The van der Waals surface area contributed by atoms with Crippen molar-refractivity contribution in [2.75, 3.05) is 20.6 Å². The molecule has 128 valence electrons. The predicted octanol–water partition coefficient (Wildman–Crippen LogP) is 2.32. The van der Waals surface area contributed by atoms with Crippen LogP contribution < -0.4 is 10.2 Å². The molecule has 0 aliphatic rings. The smallest absolute Gasteiger partial charge is 0.346 e. The molecule has 2 aromatic rings. The number of halogens is 3. The van der Waals surface area contributed by atoms with E-state index in [9.17, 15) is 18.0 Å². The van der Waals surface area contributed by atoms with Crippen molar-refractivity contribution >= 4 is 5.91 Å². The topological polar surface area (TPSA) is 33.5 Å². The number of nitrogens with one attached hydrogen (secondary N) is 2. The molecule has 0 heterocycles. The Balaban J connectivity index is 2.03. The molecule has 0 fully saturated rings. The number of likely N-dealkylation sites (N-methyl/N-ethyl adjacent to an activating group) is 1. The molecule has 2 N–H and O–H groups in total. The molecular weight excluding hydrogens is 317 g/mol. The largest absolute Gasteiger partial charge is 0.416 e. The van der Waals surface area contributed by atoms with Crippen molar-refractivity contribution < 1.29 is 22.9 Å². The van der Waals surface area contributed by atoms with Crippen LogP contribution in [-0.2, 0) is 6.18 Å². The van der Waals surface area contributed by atoms with E-state index in [-0.39, 0.29) is 17.5 Å². The normalized spacial score (nSPS) is 12.9. The Morgan fingerprint density at radius 3 is 2.12 bits per heavy atom. The van der Waals surface area contributed by atoms with Gasteiger partial charge >= 0.3 is 6.18 Å². The predicted molar refractivity (Wildman–Crippen MR) is 85.8 cm³/mol. The Morgan fingerprint density at radius 1 is 1.04 bits per heavy atom. The minimum Gasteiger partial charge on any atom is -0.346 e. The molecule has 0 saturated carbocycles. The molecular formula is C18H20F3N2O+. The summed E-state index contributed by atoms with van der Waals surface area (Å²) in [6.07, 6.45) is -4.40. The first-order valence-electron chi connectivity index (χ1n) is 7.59. The Labute approximate surface area is 139 Å². The zero-order chi connectivity index (χ0) is 17.7. The van der Waals surface area contributed by atoms with E-state index in [0.29, 0.717) is 6.54 Å². The van der Waals surface area contributed by atoms with Crippen LogP contribution in [0.3, 0.4) is 0 Å². The summed E-state index contributed by atoms with van der Waals surface area (Å²) < 4.78 is 37.6. The minimum atomic E-state index is -4.40. The van der Waals surface area contributed by atoms with Crippen LogP contribution in [0.1, 0.15) is 27.5 Å².